The topological polar surface area (TPSA) is 41.1 Å². The molecule has 1 amide bonds. The van der Waals surface area contributed by atoms with Gasteiger partial charge in [-0.2, -0.15) is 0 Å². The molecule has 2 aromatic rings. The number of hydrogen-bond donors (Lipinski definition) is 2. The summed E-state index contributed by atoms with van der Waals surface area (Å²) in [4.78, 5) is 11.8. The van der Waals surface area contributed by atoms with Crippen LogP contribution in [0.5, 0.6) is 0 Å². The molecular weight excluding hydrogens is 338 g/mol. The SMILES string of the molecule is O=C(CNc1ccccc1F)Nc1cc(Cl)c(Cl)cc1Cl. The van der Waals surface area contributed by atoms with Crippen molar-refractivity contribution in [3.05, 3.63) is 57.3 Å². The number of benzene rings is 2. The van der Waals surface area contributed by atoms with Gasteiger partial charge in [-0.3, -0.25) is 4.79 Å². The summed E-state index contributed by atoms with van der Waals surface area (Å²) in [5.74, 6) is -0.823. The van der Waals surface area contributed by atoms with Crippen LogP contribution in [-0.4, -0.2) is 12.5 Å². The van der Waals surface area contributed by atoms with E-state index in [1.54, 1.807) is 12.1 Å². The minimum absolute atomic E-state index is 0.114. The Morgan fingerprint density at radius 2 is 1.67 bits per heavy atom. The Morgan fingerprint density at radius 3 is 2.38 bits per heavy atom. The van der Waals surface area contributed by atoms with Crippen LogP contribution in [0, 0.1) is 5.82 Å². The van der Waals surface area contributed by atoms with Crippen LogP contribution in [-0.2, 0) is 4.79 Å². The van der Waals surface area contributed by atoms with Crippen LogP contribution in [0.3, 0.4) is 0 Å². The number of amides is 1. The Hall–Kier alpha value is -1.49. The third-order valence-electron chi connectivity index (χ3n) is 2.60. The van der Waals surface area contributed by atoms with Crippen LogP contribution >= 0.6 is 34.8 Å². The minimum atomic E-state index is -0.433. The monoisotopic (exact) mass is 346 g/mol. The van der Waals surface area contributed by atoms with Crippen LogP contribution in [0.15, 0.2) is 36.4 Å². The van der Waals surface area contributed by atoms with E-state index in [1.807, 2.05) is 0 Å². The Labute approximate surface area is 136 Å². The highest BCUT2D eigenvalue weighted by atomic mass is 35.5. The number of rotatable bonds is 4. The molecule has 0 spiro atoms. The van der Waals surface area contributed by atoms with E-state index < -0.39 is 11.7 Å². The maximum atomic E-state index is 13.4. The van der Waals surface area contributed by atoms with Crippen molar-refractivity contribution in [2.24, 2.45) is 0 Å². The van der Waals surface area contributed by atoms with Gasteiger partial charge >= 0.3 is 0 Å². The molecule has 0 unspecified atom stereocenters. The van der Waals surface area contributed by atoms with Gasteiger partial charge in [0.25, 0.3) is 0 Å². The fourth-order valence-corrected chi connectivity index (χ4v) is 2.19. The zero-order valence-corrected chi connectivity index (χ0v) is 12.9. The average molecular weight is 348 g/mol. The number of anilines is 2. The molecule has 0 bridgehead atoms. The van der Waals surface area contributed by atoms with E-state index in [0.717, 1.165) is 0 Å². The average Bonchev–Trinajstić information content (AvgIpc) is 2.44. The maximum Gasteiger partial charge on any atom is 0.243 e. The number of halogens is 4. The van der Waals surface area contributed by atoms with Gasteiger partial charge < -0.3 is 10.6 Å². The summed E-state index contributed by atoms with van der Waals surface area (Å²) < 4.78 is 13.4. The normalized spacial score (nSPS) is 10.3. The quantitative estimate of drug-likeness (QED) is 0.777. The smallest absolute Gasteiger partial charge is 0.243 e. The molecule has 0 aliphatic heterocycles. The first kappa shape index (κ1) is 15.9. The first-order valence-electron chi connectivity index (χ1n) is 5.90. The fourth-order valence-electron chi connectivity index (χ4n) is 1.59. The van der Waals surface area contributed by atoms with Crippen molar-refractivity contribution in [1.29, 1.82) is 0 Å². The first-order valence-corrected chi connectivity index (χ1v) is 7.03. The Balaban J connectivity index is 1.99. The van der Waals surface area contributed by atoms with Gasteiger partial charge in [0.05, 0.1) is 33.0 Å². The second kappa shape index (κ2) is 6.98. The van der Waals surface area contributed by atoms with Crippen LogP contribution in [0.2, 0.25) is 15.1 Å². The van der Waals surface area contributed by atoms with Crippen molar-refractivity contribution in [2.45, 2.75) is 0 Å². The lowest BCUT2D eigenvalue weighted by atomic mass is 10.3. The van der Waals surface area contributed by atoms with E-state index in [2.05, 4.69) is 10.6 Å². The largest absolute Gasteiger partial charge is 0.374 e. The molecule has 110 valence electrons. The highest BCUT2D eigenvalue weighted by molar-refractivity contribution is 6.44. The molecule has 3 nitrogen and oxygen atoms in total. The van der Waals surface area contributed by atoms with Gasteiger partial charge in [0.1, 0.15) is 5.82 Å². The molecule has 0 aliphatic carbocycles. The summed E-state index contributed by atoms with van der Waals surface area (Å²) in [6.07, 6.45) is 0. The van der Waals surface area contributed by atoms with Gasteiger partial charge in [0.2, 0.25) is 5.91 Å². The van der Waals surface area contributed by atoms with Crippen molar-refractivity contribution < 1.29 is 9.18 Å². The highest BCUT2D eigenvalue weighted by Crippen LogP contribution is 2.32. The third kappa shape index (κ3) is 4.24. The van der Waals surface area contributed by atoms with Crippen LogP contribution in [0.25, 0.3) is 0 Å². The molecule has 0 aliphatic rings. The molecule has 0 radical (unpaired) electrons. The van der Waals surface area contributed by atoms with Crippen molar-refractivity contribution >= 4 is 52.1 Å². The van der Waals surface area contributed by atoms with Gasteiger partial charge in [-0.25, -0.2) is 4.39 Å². The molecule has 0 aromatic heterocycles. The van der Waals surface area contributed by atoms with Gasteiger partial charge in [0, 0.05) is 0 Å². The summed E-state index contributed by atoms with van der Waals surface area (Å²) >= 11 is 17.6. The summed E-state index contributed by atoms with van der Waals surface area (Å²) in [6, 6.07) is 8.96. The second-order valence-electron chi connectivity index (χ2n) is 4.13. The Bertz CT molecular complexity index is 679. The lowest BCUT2D eigenvalue weighted by molar-refractivity contribution is -0.114. The van der Waals surface area contributed by atoms with Crippen molar-refractivity contribution in [3.8, 4) is 0 Å². The number of nitrogens with one attached hydrogen (secondary N) is 2. The van der Waals surface area contributed by atoms with Crippen LogP contribution < -0.4 is 10.6 Å². The molecule has 7 heteroatoms. The minimum Gasteiger partial charge on any atom is -0.374 e. The molecule has 2 aromatic carbocycles. The van der Waals surface area contributed by atoms with Crippen molar-refractivity contribution in [3.63, 3.8) is 0 Å². The second-order valence-corrected chi connectivity index (χ2v) is 5.35. The summed E-state index contributed by atoms with van der Waals surface area (Å²) in [5.41, 5.74) is 0.583. The third-order valence-corrected chi connectivity index (χ3v) is 3.63. The highest BCUT2D eigenvalue weighted by Gasteiger charge is 2.10. The zero-order valence-electron chi connectivity index (χ0n) is 10.6. The molecule has 0 atom stereocenters. The zero-order chi connectivity index (χ0) is 15.4. The van der Waals surface area contributed by atoms with E-state index in [1.165, 1.54) is 24.3 Å². The molecule has 21 heavy (non-hydrogen) atoms. The van der Waals surface area contributed by atoms with Crippen LogP contribution in [0.1, 0.15) is 0 Å². The molecular formula is C14H10Cl3FN2O. The summed E-state index contributed by atoms with van der Waals surface area (Å²) in [6.45, 7) is -0.114. The van der Waals surface area contributed by atoms with Gasteiger partial charge in [-0.1, -0.05) is 46.9 Å². The fraction of sp³-hybridized carbons (Fsp3) is 0.0714. The van der Waals surface area contributed by atoms with Crippen LogP contribution in [0.4, 0.5) is 15.8 Å². The molecule has 0 fully saturated rings. The lowest BCUT2D eigenvalue weighted by Crippen LogP contribution is -2.22. The first-order chi connectivity index (χ1) is 9.97. The summed E-state index contributed by atoms with van der Waals surface area (Å²) in [5, 5.41) is 6.10. The summed E-state index contributed by atoms with van der Waals surface area (Å²) in [7, 11) is 0. The number of hydrogen-bond acceptors (Lipinski definition) is 2. The van der Waals surface area contributed by atoms with Crippen molar-refractivity contribution in [1.82, 2.24) is 0 Å². The Morgan fingerprint density at radius 1 is 1.00 bits per heavy atom. The van der Waals surface area contributed by atoms with E-state index in [0.29, 0.717) is 10.7 Å². The number of carbonyl (C=O) groups is 1. The van der Waals surface area contributed by atoms with Gasteiger partial charge in [0.15, 0.2) is 0 Å². The lowest BCUT2D eigenvalue weighted by Gasteiger charge is -2.10. The predicted octanol–water partition coefficient (Wildman–Crippen LogP) is 4.84. The van der Waals surface area contributed by atoms with E-state index in [-0.39, 0.29) is 22.3 Å². The molecule has 2 N–H and O–H groups in total. The standard InChI is InChI=1S/C14H10Cl3FN2O/c15-8-5-10(17)13(6-9(8)16)20-14(21)7-19-12-4-2-1-3-11(12)18/h1-6,19H,7H2,(H,20,21). The molecule has 0 saturated carbocycles. The van der Waals surface area contributed by atoms with E-state index in [4.69, 9.17) is 34.8 Å². The predicted molar refractivity (Wildman–Crippen MR) is 85.0 cm³/mol. The van der Waals surface area contributed by atoms with Gasteiger partial charge in [-0.15, -0.1) is 0 Å². The van der Waals surface area contributed by atoms with Gasteiger partial charge in [-0.05, 0) is 24.3 Å². The molecule has 2 rings (SSSR count). The van der Waals surface area contributed by atoms with E-state index in [9.17, 15) is 9.18 Å². The van der Waals surface area contributed by atoms with Crippen molar-refractivity contribution in [2.75, 3.05) is 17.2 Å². The number of carbonyl (C=O) groups excluding carboxylic acids is 1. The molecule has 0 heterocycles. The van der Waals surface area contributed by atoms with E-state index >= 15 is 0 Å². The number of para-hydroxylation sites is 1. The Kier molecular flexibility index (Phi) is 5.28. The maximum absolute atomic E-state index is 13.4. The molecule has 0 saturated heterocycles.